The van der Waals surface area contributed by atoms with Gasteiger partial charge in [-0.3, -0.25) is 4.79 Å². The number of carbonyl (C=O) groups is 1. The molecule has 0 aromatic rings. The maximum Gasteiger partial charge on any atom is 0.222 e. The van der Waals surface area contributed by atoms with Crippen LogP contribution in [0.2, 0.25) is 0 Å². The van der Waals surface area contributed by atoms with Gasteiger partial charge in [0.1, 0.15) is 0 Å². The van der Waals surface area contributed by atoms with E-state index in [1.165, 1.54) is 63.5 Å². The molecule has 3 nitrogen and oxygen atoms in total. The zero-order valence-corrected chi connectivity index (χ0v) is 16.9. The molecule has 0 aromatic carbocycles. The van der Waals surface area contributed by atoms with E-state index in [9.17, 15) is 4.79 Å². The van der Waals surface area contributed by atoms with Crippen LogP contribution in [0.15, 0.2) is 12.3 Å². The van der Waals surface area contributed by atoms with E-state index < -0.39 is 0 Å². The van der Waals surface area contributed by atoms with Gasteiger partial charge in [-0.15, -0.1) is 0 Å². The van der Waals surface area contributed by atoms with E-state index in [-0.39, 0.29) is 11.8 Å². The highest BCUT2D eigenvalue weighted by atomic mass is 16.1. The molecule has 0 spiro atoms. The number of rotatable bonds is 7. The summed E-state index contributed by atoms with van der Waals surface area (Å²) in [6, 6.07) is 1.07. The van der Waals surface area contributed by atoms with Crippen molar-refractivity contribution in [2.75, 3.05) is 0 Å². The number of nitrogens with one attached hydrogen (secondary N) is 2. The lowest BCUT2D eigenvalue weighted by atomic mass is 9.75. The number of carbonyl (C=O) groups excluding carboxylic acids is 1. The Morgan fingerprint density at radius 2 is 1.24 bits per heavy atom. The fourth-order valence-electron chi connectivity index (χ4n) is 4.35. The molecule has 0 saturated heterocycles. The van der Waals surface area contributed by atoms with Crippen LogP contribution in [0.5, 0.6) is 0 Å². The number of hydrogen-bond donors (Lipinski definition) is 2. The molecule has 2 fully saturated rings. The predicted molar refractivity (Wildman–Crippen MR) is 106 cm³/mol. The van der Waals surface area contributed by atoms with Crippen LogP contribution in [0.1, 0.15) is 85.5 Å². The van der Waals surface area contributed by atoms with Crippen LogP contribution in [-0.2, 0) is 4.79 Å². The highest BCUT2D eigenvalue weighted by Gasteiger charge is 2.27. The Labute approximate surface area is 155 Å². The van der Waals surface area contributed by atoms with Crippen LogP contribution in [0, 0.1) is 23.7 Å². The SMILES string of the molecule is C=C(NC1CCC(CC2CCC(NC(=O)C(C)C)CC2)CC1)C(C)C. The van der Waals surface area contributed by atoms with Crippen molar-refractivity contribution < 1.29 is 4.79 Å². The van der Waals surface area contributed by atoms with E-state index >= 15 is 0 Å². The molecule has 0 radical (unpaired) electrons. The molecular weight excluding hydrogens is 308 g/mol. The smallest absolute Gasteiger partial charge is 0.222 e. The third-order valence-corrected chi connectivity index (χ3v) is 6.32. The highest BCUT2D eigenvalue weighted by molar-refractivity contribution is 5.78. The summed E-state index contributed by atoms with van der Waals surface area (Å²) in [5.41, 5.74) is 1.20. The first-order valence-corrected chi connectivity index (χ1v) is 10.6. The van der Waals surface area contributed by atoms with E-state index in [0.717, 1.165) is 11.8 Å². The highest BCUT2D eigenvalue weighted by Crippen LogP contribution is 2.35. The summed E-state index contributed by atoms with van der Waals surface area (Å²) in [5.74, 6) is 2.65. The van der Waals surface area contributed by atoms with Gasteiger partial charge in [-0.1, -0.05) is 34.3 Å². The van der Waals surface area contributed by atoms with E-state index in [1.54, 1.807) is 0 Å². The van der Waals surface area contributed by atoms with Gasteiger partial charge >= 0.3 is 0 Å². The Bertz CT molecular complexity index is 387. The first-order chi connectivity index (χ1) is 11.8. The first kappa shape index (κ1) is 20.3. The summed E-state index contributed by atoms with van der Waals surface area (Å²) in [4.78, 5) is 11.8. The summed E-state index contributed by atoms with van der Waals surface area (Å²) < 4.78 is 0. The van der Waals surface area contributed by atoms with Crippen molar-refractivity contribution in [2.45, 2.75) is 97.6 Å². The largest absolute Gasteiger partial charge is 0.386 e. The lowest BCUT2D eigenvalue weighted by Gasteiger charge is -2.35. The topological polar surface area (TPSA) is 41.1 Å². The van der Waals surface area contributed by atoms with E-state index in [0.29, 0.717) is 18.0 Å². The Balaban J connectivity index is 1.63. The summed E-state index contributed by atoms with van der Waals surface area (Å²) in [6.45, 7) is 12.5. The molecule has 1 amide bonds. The molecule has 3 heteroatoms. The molecule has 2 N–H and O–H groups in total. The molecule has 0 unspecified atom stereocenters. The van der Waals surface area contributed by atoms with Gasteiger partial charge < -0.3 is 10.6 Å². The molecule has 0 aromatic heterocycles. The average molecular weight is 349 g/mol. The minimum atomic E-state index is 0.105. The fourth-order valence-corrected chi connectivity index (χ4v) is 4.35. The zero-order chi connectivity index (χ0) is 18.4. The third-order valence-electron chi connectivity index (χ3n) is 6.32. The fraction of sp³-hybridized carbons (Fsp3) is 0.864. The van der Waals surface area contributed by atoms with Crippen LogP contribution in [-0.4, -0.2) is 18.0 Å². The molecule has 0 bridgehead atoms. The van der Waals surface area contributed by atoms with Gasteiger partial charge in [-0.2, -0.15) is 0 Å². The maximum absolute atomic E-state index is 11.8. The molecular formula is C22H40N2O. The van der Waals surface area contributed by atoms with Crippen molar-refractivity contribution in [2.24, 2.45) is 23.7 Å². The summed E-state index contributed by atoms with van der Waals surface area (Å²) in [7, 11) is 0. The molecule has 0 heterocycles. The van der Waals surface area contributed by atoms with Crippen molar-refractivity contribution in [1.82, 2.24) is 10.6 Å². The lowest BCUT2D eigenvalue weighted by molar-refractivity contribution is -0.125. The molecule has 2 aliphatic rings. The van der Waals surface area contributed by atoms with Gasteiger partial charge in [0.15, 0.2) is 0 Å². The molecule has 144 valence electrons. The van der Waals surface area contributed by atoms with Crippen LogP contribution in [0.3, 0.4) is 0 Å². The maximum atomic E-state index is 11.8. The molecule has 2 aliphatic carbocycles. The van der Waals surface area contributed by atoms with Crippen molar-refractivity contribution >= 4 is 5.91 Å². The lowest BCUT2D eigenvalue weighted by Crippen LogP contribution is -2.40. The van der Waals surface area contributed by atoms with Crippen molar-refractivity contribution in [3.63, 3.8) is 0 Å². The van der Waals surface area contributed by atoms with Crippen molar-refractivity contribution in [3.8, 4) is 0 Å². The normalized spacial score (nSPS) is 30.3. The van der Waals surface area contributed by atoms with Gasteiger partial charge in [0.2, 0.25) is 5.91 Å². The van der Waals surface area contributed by atoms with Crippen LogP contribution in [0.4, 0.5) is 0 Å². The van der Waals surface area contributed by atoms with Crippen molar-refractivity contribution in [1.29, 1.82) is 0 Å². The van der Waals surface area contributed by atoms with Crippen LogP contribution < -0.4 is 10.6 Å². The monoisotopic (exact) mass is 348 g/mol. The summed E-state index contributed by atoms with van der Waals surface area (Å²) in [6.07, 6.45) is 11.7. The summed E-state index contributed by atoms with van der Waals surface area (Å²) in [5, 5.41) is 6.86. The van der Waals surface area contributed by atoms with E-state index in [2.05, 4.69) is 31.1 Å². The molecule has 0 atom stereocenters. The predicted octanol–water partition coefficient (Wildman–Crippen LogP) is 5.03. The Hall–Kier alpha value is -0.990. The quantitative estimate of drug-likeness (QED) is 0.678. The zero-order valence-electron chi connectivity index (χ0n) is 16.9. The Kier molecular flexibility index (Phi) is 7.83. The minimum absolute atomic E-state index is 0.105. The van der Waals surface area contributed by atoms with Gasteiger partial charge in [-0.05, 0) is 75.5 Å². The molecule has 2 saturated carbocycles. The second-order valence-corrected chi connectivity index (χ2v) is 9.16. The summed E-state index contributed by atoms with van der Waals surface area (Å²) >= 11 is 0. The first-order valence-electron chi connectivity index (χ1n) is 10.6. The second-order valence-electron chi connectivity index (χ2n) is 9.16. The Morgan fingerprint density at radius 3 is 1.64 bits per heavy atom. The number of allylic oxidation sites excluding steroid dienone is 1. The van der Waals surface area contributed by atoms with Crippen LogP contribution in [0.25, 0.3) is 0 Å². The second kappa shape index (κ2) is 9.64. The van der Waals surface area contributed by atoms with Crippen LogP contribution >= 0.6 is 0 Å². The Morgan fingerprint density at radius 1 is 0.800 bits per heavy atom. The number of hydrogen-bond acceptors (Lipinski definition) is 2. The van der Waals surface area contributed by atoms with Gasteiger partial charge in [0.25, 0.3) is 0 Å². The molecule has 2 rings (SSSR count). The standard InChI is InChI=1S/C22H40N2O/c1-15(2)17(5)23-20-10-6-18(7-11-20)14-19-8-12-21(13-9-19)24-22(25)16(3)4/h15-16,18-21,23H,5-14H2,1-4H3,(H,24,25). The minimum Gasteiger partial charge on any atom is -0.386 e. The van der Waals surface area contributed by atoms with Gasteiger partial charge in [-0.25, -0.2) is 0 Å². The number of amides is 1. The third kappa shape index (κ3) is 6.67. The average Bonchev–Trinajstić information content (AvgIpc) is 2.58. The van der Waals surface area contributed by atoms with Gasteiger partial charge in [0.05, 0.1) is 0 Å². The van der Waals surface area contributed by atoms with E-state index in [4.69, 9.17) is 0 Å². The molecule has 25 heavy (non-hydrogen) atoms. The molecule has 0 aliphatic heterocycles. The van der Waals surface area contributed by atoms with Gasteiger partial charge in [0, 0.05) is 23.7 Å². The van der Waals surface area contributed by atoms with Crippen molar-refractivity contribution in [3.05, 3.63) is 12.3 Å². The van der Waals surface area contributed by atoms with E-state index in [1.807, 2.05) is 13.8 Å².